The molecule has 1 atom stereocenters. The number of amides is 1. The Bertz CT molecular complexity index is 755. The minimum atomic E-state index is -1.68. The van der Waals surface area contributed by atoms with Gasteiger partial charge < -0.3 is 4.90 Å². The van der Waals surface area contributed by atoms with Gasteiger partial charge in [-0.15, -0.1) is 6.58 Å². The number of Topliss-reactive ketones (excluding diaryl/α,β-unsaturated/α-hetero) is 1. The zero-order chi connectivity index (χ0) is 17.3. The first-order valence-electron chi connectivity index (χ1n) is 7.20. The molecule has 0 aromatic heterocycles. The summed E-state index contributed by atoms with van der Waals surface area (Å²) in [5.41, 5.74) is -2.02. The van der Waals surface area contributed by atoms with Crippen molar-refractivity contribution in [3.05, 3.63) is 42.5 Å². The highest BCUT2D eigenvalue weighted by Gasteiger charge is 2.63. The zero-order valence-corrected chi connectivity index (χ0v) is 13.2. The fraction of sp³-hybridized carbons (Fsp3) is 0.333. The van der Waals surface area contributed by atoms with E-state index >= 15 is 0 Å². The van der Waals surface area contributed by atoms with Crippen LogP contribution in [0.5, 0.6) is 0 Å². The molecular formula is C18H17N3O2. The van der Waals surface area contributed by atoms with E-state index < -0.39 is 16.7 Å². The summed E-state index contributed by atoms with van der Waals surface area (Å²) in [4.78, 5) is 26.5. The highest BCUT2D eigenvalue weighted by molar-refractivity contribution is 6.11. The summed E-state index contributed by atoms with van der Waals surface area (Å²) < 4.78 is 0. The fourth-order valence-corrected chi connectivity index (χ4v) is 3.44. The Labute approximate surface area is 135 Å². The number of anilines is 1. The lowest BCUT2D eigenvalue weighted by atomic mass is 9.58. The van der Waals surface area contributed by atoms with Crippen molar-refractivity contribution in [3.8, 4) is 12.1 Å². The molecule has 1 aromatic carbocycles. The maximum atomic E-state index is 13.1. The van der Waals surface area contributed by atoms with E-state index in [1.54, 1.807) is 31.3 Å². The smallest absolute Gasteiger partial charge is 0.240 e. The summed E-state index contributed by atoms with van der Waals surface area (Å²) in [6, 6.07) is 11.0. The van der Waals surface area contributed by atoms with Gasteiger partial charge in [0.2, 0.25) is 5.91 Å². The van der Waals surface area contributed by atoms with Gasteiger partial charge in [0, 0.05) is 19.2 Å². The van der Waals surface area contributed by atoms with Crippen LogP contribution in [0.4, 0.5) is 5.69 Å². The van der Waals surface area contributed by atoms with E-state index in [2.05, 4.69) is 6.58 Å². The lowest BCUT2D eigenvalue weighted by Crippen LogP contribution is -2.52. The largest absolute Gasteiger partial charge is 0.314 e. The molecule has 0 saturated heterocycles. The van der Waals surface area contributed by atoms with Gasteiger partial charge in [0.1, 0.15) is 11.2 Å². The lowest BCUT2D eigenvalue weighted by Gasteiger charge is -2.37. The third-order valence-electron chi connectivity index (χ3n) is 4.47. The van der Waals surface area contributed by atoms with Crippen molar-refractivity contribution in [3.63, 3.8) is 0 Å². The Hall–Kier alpha value is -2.92. The molecule has 1 aliphatic heterocycles. The molecule has 0 radical (unpaired) electrons. The molecule has 1 aliphatic rings. The van der Waals surface area contributed by atoms with Crippen molar-refractivity contribution >= 4 is 17.4 Å². The number of likely N-dealkylation sites (N-methyl/N-ethyl adjacent to an activating group) is 1. The number of fused-ring (bicyclic) bond motifs is 1. The third-order valence-corrected chi connectivity index (χ3v) is 4.47. The number of carbonyl (C=O) groups excluding carboxylic acids is 2. The van der Waals surface area contributed by atoms with Crippen molar-refractivity contribution < 1.29 is 9.59 Å². The van der Waals surface area contributed by atoms with Gasteiger partial charge in [-0.1, -0.05) is 24.3 Å². The molecule has 23 heavy (non-hydrogen) atoms. The van der Waals surface area contributed by atoms with Crippen molar-refractivity contribution in [1.82, 2.24) is 0 Å². The van der Waals surface area contributed by atoms with Crippen LogP contribution in [0.15, 0.2) is 36.9 Å². The van der Waals surface area contributed by atoms with Crippen LogP contribution in [0.1, 0.15) is 25.3 Å². The van der Waals surface area contributed by atoms with Gasteiger partial charge >= 0.3 is 0 Å². The molecule has 0 fully saturated rings. The Morgan fingerprint density at radius 1 is 1.39 bits per heavy atom. The summed E-state index contributed by atoms with van der Waals surface area (Å²) in [6.07, 6.45) is 1.26. The molecule has 5 nitrogen and oxygen atoms in total. The number of ketones is 1. The number of benzene rings is 1. The van der Waals surface area contributed by atoms with Crippen molar-refractivity contribution in [1.29, 1.82) is 10.5 Å². The molecule has 0 saturated carbocycles. The average molecular weight is 307 g/mol. The number of allylic oxidation sites excluding steroid dienone is 1. The summed E-state index contributed by atoms with van der Waals surface area (Å²) in [5, 5.41) is 19.5. The van der Waals surface area contributed by atoms with Crippen LogP contribution >= 0.6 is 0 Å². The summed E-state index contributed by atoms with van der Waals surface area (Å²) in [6.45, 7) is 4.98. The Kier molecular flexibility index (Phi) is 4.08. The predicted molar refractivity (Wildman–Crippen MR) is 85.3 cm³/mol. The van der Waals surface area contributed by atoms with E-state index in [0.717, 1.165) is 0 Å². The van der Waals surface area contributed by atoms with Gasteiger partial charge in [0.25, 0.3) is 0 Å². The first-order chi connectivity index (χ1) is 10.9. The van der Waals surface area contributed by atoms with Gasteiger partial charge in [0.05, 0.1) is 12.1 Å². The molecule has 0 aliphatic carbocycles. The fourth-order valence-electron chi connectivity index (χ4n) is 3.44. The van der Waals surface area contributed by atoms with Crippen LogP contribution in [-0.2, 0) is 15.0 Å². The monoisotopic (exact) mass is 307 g/mol. The zero-order valence-electron chi connectivity index (χ0n) is 13.2. The maximum absolute atomic E-state index is 13.1. The molecule has 5 heteroatoms. The number of carbonyl (C=O) groups is 2. The third kappa shape index (κ3) is 2.05. The topological polar surface area (TPSA) is 85.0 Å². The van der Waals surface area contributed by atoms with E-state index in [4.69, 9.17) is 0 Å². The van der Waals surface area contributed by atoms with E-state index in [-0.39, 0.29) is 18.6 Å². The van der Waals surface area contributed by atoms with Gasteiger partial charge in [-0.3, -0.25) is 9.59 Å². The second kappa shape index (κ2) is 5.70. The molecule has 2 rings (SSSR count). The quantitative estimate of drug-likeness (QED) is 0.782. The molecule has 116 valence electrons. The Balaban J connectivity index is 2.89. The molecule has 0 bridgehead atoms. The van der Waals surface area contributed by atoms with Crippen molar-refractivity contribution in [2.45, 2.75) is 25.2 Å². The van der Waals surface area contributed by atoms with E-state index in [1.165, 1.54) is 17.9 Å². The van der Waals surface area contributed by atoms with Crippen LogP contribution in [-0.4, -0.2) is 18.7 Å². The number of para-hydroxylation sites is 1. The Morgan fingerprint density at radius 3 is 2.52 bits per heavy atom. The number of hydrogen-bond donors (Lipinski definition) is 0. The van der Waals surface area contributed by atoms with E-state index in [9.17, 15) is 20.1 Å². The SMILES string of the molecule is C=CCC(C#N)(C#N)C1(CC(C)=O)C(=O)N(C)c2ccccc21. The molecule has 1 amide bonds. The van der Waals surface area contributed by atoms with Crippen molar-refractivity contribution in [2.75, 3.05) is 11.9 Å². The number of nitriles is 2. The highest BCUT2D eigenvalue weighted by Crippen LogP contribution is 2.54. The summed E-state index contributed by atoms with van der Waals surface area (Å²) in [5.74, 6) is -0.652. The Morgan fingerprint density at radius 2 is 2.00 bits per heavy atom. The molecule has 1 aromatic rings. The second-order valence-electron chi connectivity index (χ2n) is 5.79. The molecule has 1 unspecified atom stereocenters. The average Bonchev–Trinajstić information content (AvgIpc) is 2.76. The summed E-state index contributed by atoms with van der Waals surface area (Å²) >= 11 is 0. The summed E-state index contributed by atoms with van der Waals surface area (Å²) in [7, 11) is 1.59. The first-order valence-corrected chi connectivity index (χ1v) is 7.20. The molecular weight excluding hydrogens is 290 g/mol. The van der Waals surface area contributed by atoms with Gasteiger partial charge in [-0.2, -0.15) is 10.5 Å². The molecule has 1 heterocycles. The van der Waals surface area contributed by atoms with Crippen LogP contribution in [0.25, 0.3) is 0 Å². The molecule has 0 spiro atoms. The number of hydrogen-bond acceptors (Lipinski definition) is 4. The van der Waals surface area contributed by atoms with Crippen LogP contribution < -0.4 is 4.90 Å². The van der Waals surface area contributed by atoms with Gasteiger partial charge in [-0.25, -0.2) is 0 Å². The lowest BCUT2D eigenvalue weighted by molar-refractivity contribution is -0.130. The standard InChI is InChI=1S/C18H17N3O2/c1-4-9-17(11-19,12-20)18(10-13(2)22)14-7-5-6-8-15(14)21(3)16(18)23/h4-8H,1,9-10H2,2-3H3. The minimum Gasteiger partial charge on any atom is -0.314 e. The maximum Gasteiger partial charge on any atom is 0.240 e. The number of rotatable bonds is 5. The van der Waals surface area contributed by atoms with Gasteiger partial charge in [-0.05, 0) is 25.0 Å². The minimum absolute atomic E-state index is 0.00118. The second-order valence-corrected chi connectivity index (χ2v) is 5.79. The number of nitrogens with zero attached hydrogens (tertiary/aromatic N) is 3. The van der Waals surface area contributed by atoms with Crippen LogP contribution in [0.2, 0.25) is 0 Å². The van der Waals surface area contributed by atoms with E-state index in [0.29, 0.717) is 11.3 Å². The van der Waals surface area contributed by atoms with Gasteiger partial charge in [0.15, 0.2) is 5.41 Å². The first kappa shape index (κ1) is 16.5. The predicted octanol–water partition coefficient (Wildman–Crippen LogP) is 2.49. The van der Waals surface area contributed by atoms with Crippen molar-refractivity contribution in [2.24, 2.45) is 5.41 Å². The van der Waals surface area contributed by atoms with Crippen LogP contribution in [0.3, 0.4) is 0 Å². The molecule has 0 N–H and O–H groups in total. The normalized spacial score (nSPS) is 19.7. The van der Waals surface area contributed by atoms with E-state index in [1.807, 2.05) is 12.1 Å². The van der Waals surface area contributed by atoms with Crippen LogP contribution in [0, 0.1) is 28.1 Å². The highest BCUT2D eigenvalue weighted by atomic mass is 16.2.